The van der Waals surface area contributed by atoms with Crippen LogP contribution in [0.4, 0.5) is 0 Å². The maximum absolute atomic E-state index is 12.9. The molecule has 0 aromatic heterocycles. The van der Waals surface area contributed by atoms with Crippen LogP contribution in [-0.4, -0.2) is 35.6 Å². The standard InChI is InChI=1S/C18H19NO4S/c20-18(21)13-19(12-14-7-3-1-4-8-14)24(22,23)17-11-16(17)15-9-5-2-6-10-15/h1-10,16-17H,11-13H2,(H,20,21). The zero-order chi connectivity index (χ0) is 17.2. The molecule has 6 heteroatoms. The lowest BCUT2D eigenvalue weighted by molar-refractivity contribution is -0.137. The third-order valence-corrected chi connectivity index (χ3v) is 6.48. The molecule has 0 aliphatic heterocycles. The second-order valence-electron chi connectivity index (χ2n) is 5.98. The van der Waals surface area contributed by atoms with Gasteiger partial charge < -0.3 is 5.11 Å². The second-order valence-corrected chi connectivity index (χ2v) is 8.14. The molecular formula is C18H19NO4S. The van der Waals surface area contributed by atoms with Crippen LogP contribution in [-0.2, 0) is 21.4 Å². The predicted molar refractivity (Wildman–Crippen MR) is 91.0 cm³/mol. The molecule has 5 nitrogen and oxygen atoms in total. The van der Waals surface area contributed by atoms with Crippen molar-refractivity contribution in [2.75, 3.05) is 6.54 Å². The molecule has 2 aromatic carbocycles. The summed E-state index contributed by atoms with van der Waals surface area (Å²) in [5.41, 5.74) is 1.76. The van der Waals surface area contributed by atoms with E-state index in [4.69, 9.17) is 5.11 Å². The quantitative estimate of drug-likeness (QED) is 0.836. The summed E-state index contributed by atoms with van der Waals surface area (Å²) in [5.74, 6) is -1.20. The van der Waals surface area contributed by atoms with E-state index < -0.39 is 27.8 Å². The summed E-state index contributed by atoms with van der Waals surface area (Å²) >= 11 is 0. The van der Waals surface area contributed by atoms with Gasteiger partial charge in [-0.25, -0.2) is 8.42 Å². The molecule has 0 radical (unpaired) electrons. The minimum Gasteiger partial charge on any atom is -0.480 e. The summed E-state index contributed by atoms with van der Waals surface area (Å²) in [6, 6.07) is 18.5. The first-order chi connectivity index (χ1) is 11.5. The summed E-state index contributed by atoms with van der Waals surface area (Å²) in [4.78, 5) is 11.1. The first-order valence-corrected chi connectivity index (χ1v) is 9.28. The van der Waals surface area contributed by atoms with Crippen molar-refractivity contribution in [2.24, 2.45) is 0 Å². The van der Waals surface area contributed by atoms with E-state index in [9.17, 15) is 13.2 Å². The van der Waals surface area contributed by atoms with Crippen LogP contribution in [0.5, 0.6) is 0 Å². The molecule has 1 saturated carbocycles. The normalized spacial score (nSPS) is 20.0. The van der Waals surface area contributed by atoms with Gasteiger partial charge in [0.1, 0.15) is 6.54 Å². The molecule has 0 saturated heterocycles. The Balaban J connectivity index is 1.80. The van der Waals surface area contributed by atoms with Gasteiger partial charge in [0.05, 0.1) is 5.25 Å². The number of sulfonamides is 1. The minimum absolute atomic E-state index is 0.0525. The van der Waals surface area contributed by atoms with Gasteiger partial charge >= 0.3 is 5.97 Å². The minimum atomic E-state index is -3.67. The molecule has 0 bridgehead atoms. The first-order valence-electron chi connectivity index (χ1n) is 7.78. The van der Waals surface area contributed by atoms with Crippen LogP contribution in [0.3, 0.4) is 0 Å². The smallest absolute Gasteiger partial charge is 0.318 e. The molecular weight excluding hydrogens is 326 g/mol. The Labute approximate surface area is 141 Å². The van der Waals surface area contributed by atoms with Gasteiger partial charge in [-0.1, -0.05) is 60.7 Å². The Morgan fingerprint density at radius 3 is 2.21 bits per heavy atom. The molecule has 2 unspecified atom stereocenters. The van der Waals surface area contributed by atoms with Gasteiger partial charge in [0.2, 0.25) is 10.0 Å². The summed E-state index contributed by atoms with van der Waals surface area (Å²) in [7, 11) is -3.67. The fraction of sp³-hybridized carbons (Fsp3) is 0.278. The zero-order valence-electron chi connectivity index (χ0n) is 13.1. The van der Waals surface area contributed by atoms with E-state index in [1.165, 1.54) is 0 Å². The van der Waals surface area contributed by atoms with Crippen molar-refractivity contribution in [3.8, 4) is 0 Å². The first kappa shape index (κ1) is 16.7. The number of nitrogens with zero attached hydrogens (tertiary/aromatic N) is 1. The Morgan fingerprint density at radius 2 is 1.62 bits per heavy atom. The third kappa shape index (κ3) is 3.66. The topological polar surface area (TPSA) is 74.7 Å². The largest absolute Gasteiger partial charge is 0.480 e. The van der Waals surface area contributed by atoms with E-state index in [1.54, 1.807) is 12.1 Å². The number of hydrogen-bond donors (Lipinski definition) is 1. The van der Waals surface area contributed by atoms with Crippen LogP contribution in [0.2, 0.25) is 0 Å². The van der Waals surface area contributed by atoms with Crippen molar-refractivity contribution < 1.29 is 18.3 Å². The SMILES string of the molecule is O=C(O)CN(Cc1ccccc1)S(=O)(=O)C1CC1c1ccccc1. The summed E-state index contributed by atoms with van der Waals surface area (Å²) in [6.07, 6.45) is 0.539. The number of aliphatic carboxylic acids is 1. The van der Waals surface area contributed by atoms with Crippen molar-refractivity contribution in [3.63, 3.8) is 0 Å². The van der Waals surface area contributed by atoms with Crippen molar-refractivity contribution in [1.29, 1.82) is 0 Å². The van der Waals surface area contributed by atoms with E-state index in [0.717, 1.165) is 15.4 Å². The van der Waals surface area contributed by atoms with Crippen LogP contribution in [0.25, 0.3) is 0 Å². The number of rotatable bonds is 7. The molecule has 2 aromatic rings. The average molecular weight is 345 g/mol. The highest BCUT2D eigenvalue weighted by molar-refractivity contribution is 7.90. The third-order valence-electron chi connectivity index (χ3n) is 4.22. The Hall–Kier alpha value is -2.18. The van der Waals surface area contributed by atoms with Gasteiger partial charge in [-0.05, 0) is 17.5 Å². The Kier molecular flexibility index (Phi) is 4.69. The molecule has 3 rings (SSSR count). The van der Waals surface area contributed by atoms with E-state index in [1.807, 2.05) is 48.5 Å². The Bertz CT molecular complexity index is 805. The summed E-state index contributed by atoms with van der Waals surface area (Å²) in [6.45, 7) is -0.442. The molecule has 1 fully saturated rings. The zero-order valence-corrected chi connectivity index (χ0v) is 13.9. The lowest BCUT2D eigenvalue weighted by Crippen LogP contribution is -2.37. The highest BCUT2D eigenvalue weighted by atomic mass is 32.2. The van der Waals surface area contributed by atoms with Crippen molar-refractivity contribution in [2.45, 2.75) is 24.1 Å². The van der Waals surface area contributed by atoms with E-state index in [-0.39, 0.29) is 12.5 Å². The lowest BCUT2D eigenvalue weighted by atomic mass is 10.1. The molecule has 2 atom stereocenters. The van der Waals surface area contributed by atoms with E-state index >= 15 is 0 Å². The number of carbonyl (C=O) groups is 1. The van der Waals surface area contributed by atoms with Gasteiger partial charge in [-0.3, -0.25) is 4.79 Å². The maximum atomic E-state index is 12.9. The van der Waals surface area contributed by atoms with Crippen LogP contribution in [0.1, 0.15) is 23.5 Å². The van der Waals surface area contributed by atoms with Crippen molar-refractivity contribution in [3.05, 3.63) is 71.8 Å². The molecule has 0 spiro atoms. The molecule has 0 heterocycles. The molecule has 1 aliphatic carbocycles. The monoisotopic (exact) mass is 345 g/mol. The molecule has 1 N–H and O–H groups in total. The average Bonchev–Trinajstić information content (AvgIpc) is 3.37. The van der Waals surface area contributed by atoms with Gasteiger partial charge in [0.25, 0.3) is 0 Å². The van der Waals surface area contributed by atoms with Gasteiger partial charge in [0, 0.05) is 12.5 Å². The number of carboxylic acid groups (broad SMARTS) is 1. The number of hydrogen-bond acceptors (Lipinski definition) is 3. The van der Waals surface area contributed by atoms with Gasteiger partial charge in [-0.15, -0.1) is 0 Å². The van der Waals surface area contributed by atoms with Crippen LogP contribution < -0.4 is 0 Å². The molecule has 1 aliphatic rings. The maximum Gasteiger partial charge on any atom is 0.318 e. The fourth-order valence-electron chi connectivity index (χ4n) is 2.92. The summed E-state index contributed by atoms with van der Waals surface area (Å²) < 4.78 is 26.8. The van der Waals surface area contributed by atoms with Crippen LogP contribution in [0, 0.1) is 0 Å². The highest BCUT2D eigenvalue weighted by Crippen LogP contribution is 2.47. The summed E-state index contributed by atoms with van der Waals surface area (Å²) in [5, 5.41) is 8.57. The fourth-order valence-corrected chi connectivity index (χ4v) is 4.94. The van der Waals surface area contributed by atoms with Crippen molar-refractivity contribution >= 4 is 16.0 Å². The van der Waals surface area contributed by atoms with Gasteiger partial charge in [0.15, 0.2) is 0 Å². The van der Waals surface area contributed by atoms with Crippen molar-refractivity contribution in [1.82, 2.24) is 4.31 Å². The van der Waals surface area contributed by atoms with E-state index in [0.29, 0.717) is 6.42 Å². The highest BCUT2D eigenvalue weighted by Gasteiger charge is 2.50. The molecule has 24 heavy (non-hydrogen) atoms. The van der Waals surface area contributed by atoms with E-state index in [2.05, 4.69) is 0 Å². The predicted octanol–water partition coefficient (Wildman–Crippen LogP) is 2.46. The van der Waals surface area contributed by atoms with Crippen LogP contribution in [0.15, 0.2) is 60.7 Å². The number of carboxylic acids is 1. The van der Waals surface area contributed by atoms with Gasteiger partial charge in [-0.2, -0.15) is 4.31 Å². The molecule has 126 valence electrons. The molecule has 0 amide bonds. The second kappa shape index (κ2) is 6.75. The van der Waals surface area contributed by atoms with Crippen LogP contribution >= 0.6 is 0 Å². The lowest BCUT2D eigenvalue weighted by Gasteiger charge is -2.20. The number of benzene rings is 2. The Morgan fingerprint density at radius 1 is 1.04 bits per heavy atom.